The van der Waals surface area contributed by atoms with Crippen molar-refractivity contribution in [2.24, 2.45) is 11.5 Å². The Morgan fingerprint density at radius 1 is 0.947 bits per heavy atom. The number of amides is 1. The van der Waals surface area contributed by atoms with Crippen molar-refractivity contribution in [2.45, 2.75) is 64.1 Å². The maximum absolute atomic E-state index is 13.5. The molecule has 1 aliphatic rings. The van der Waals surface area contributed by atoms with E-state index in [1.807, 2.05) is 24.3 Å². The molecule has 1 fully saturated rings. The first-order valence-electron chi connectivity index (χ1n) is 13.6. The Morgan fingerprint density at radius 3 is 2.42 bits per heavy atom. The second kappa shape index (κ2) is 11.2. The molecule has 5 rings (SSSR count). The van der Waals surface area contributed by atoms with E-state index in [-0.39, 0.29) is 23.8 Å². The van der Waals surface area contributed by atoms with Crippen LogP contribution >= 0.6 is 0 Å². The van der Waals surface area contributed by atoms with E-state index >= 15 is 0 Å². The molecule has 1 aromatic heterocycles. The molecule has 0 saturated heterocycles. The van der Waals surface area contributed by atoms with Gasteiger partial charge in [-0.2, -0.15) is 0 Å². The first kappa shape index (κ1) is 25.7. The molecule has 196 valence electrons. The standard InChI is InChI=1S/C32H37N5O/c1-2-21-6-8-23(9-7-21)24-5-3-4-22(18-24)16-17-37-29-20-26(31(34)35)11-10-25(29)19-30(37)32(38)36-28-14-12-27(33)13-15-28/h3-11,18-20,27-28H,2,12-17,33H2,1H3,(H3,34,35)(H,36,38). The van der Waals surface area contributed by atoms with Crippen LogP contribution in [0.3, 0.4) is 0 Å². The molecule has 1 saturated carbocycles. The Morgan fingerprint density at radius 2 is 1.71 bits per heavy atom. The number of nitrogens with two attached hydrogens (primary N) is 2. The molecule has 0 aliphatic heterocycles. The van der Waals surface area contributed by atoms with Crippen LogP contribution in [0, 0.1) is 5.41 Å². The Balaban J connectivity index is 1.42. The van der Waals surface area contributed by atoms with Crippen molar-refractivity contribution in [3.63, 3.8) is 0 Å². The average molecular weight is 508 g/mol. The van der Waals surface area contributed by atoms with Crippen molar-refractivity contribution in [3.8, 4) is 11.1 Å². The highest BCUT2D eigenvalue weighted by Crippen LogP contribution is 2.25. The number of aryl methyl sites for hydroxylation is 3. The van der Waals surface area contributed by atoms with Gasteiger partial charge in [0, 0.05) is 35.1 Å². The highest BCUT2D eigenvalue weighted by Gasteiger charge is 2.23. The minimum Gasteiger partial charge on any atom is -0.384 e. The highest BCUT2D eigenvalue weighted by atomic mass is 16.2. The largest absolute Gasteiger partial charge is 0.384 e. The Hall–Kier alpha value is -3.90. The summed E-state index contributed by atoms with van der Waals surface area (Å²) >= 11 is 0. The van der Waals surface area contributed by atoms with Gasteiger partial charge in [0.05, 0.1) is 0 Å². The number of nitrogens with zero attached hydrogens (tertiary/aromatic N) is 1. The molecule has 1 aliphatic carbocycles. The number of benzene rings is 3. The fraction of sp³-hybridized carbons (Fsp3) is 0.312. The molecule has 0 spiro atoms. The minimum absolute atomic E-state index is 0.0194. The van der Waals surface area contributed by atoms with Crippen LogP contribution in [0.2, 0.25) is 0 Å². The lowest BCUT2D eigenvalue weighted by atomic mass is 9.92. The van der Waals surface area contributed by atoms with Gasteiger partial charge in [0.2, 0.25) is 0 Å². The highest BCUT2D eigenvalue weighted by molar-refractivity contribution is 6.02. The fourth-order valence-electron chi connectivity index (χ4n) is 5.45. The molecular formula is C32H37N5O. The zero-order chi connectivity index (χ0) is 26.6. The molecule has 38 heavy (non-hydrogen) atoms. The summed E-state index contributed by atoms with van der Waals surface area (Å²) in [5, 5.41) is 12.1. The van der Waals surface area contributed by atoms with Gasteiger partial charge in [-0.1, -0.05) is 67.6 Å². The van der Waals surface area contributed by atoms with Gasteiger partial charge in [-0.05, 0) is 72.9 Å². The molecule has 3 aromatic carbocycles. The summed E-state index contributed by atoms with van der Waals surface area (Å²) in [6.45, 7) is 2.81. The fourth-order valence-corrected chi connectivity index (χ4v) is 5.45. The lowest BCUT2D eigenvalue weighted by Crippen LogP contribution is -2.41. The van der Waals surface area contributed by atoms with Crippen LogP contribution in [-0.2, 0) is 19.4 Å². The van der Waals surface area contributed by atoms with Crippen molar-refractivity contribution >= 4 is 22.6 Å². The number of aromatic nitrogens is 1. The number of carbonyl (C=O) groups is 1. The molecule has 0 atom stereocenters. The van der Waals surface area contributed by atoms with Crippen LogP contribution < -0.4 is 16.8 Å². The van der Waals surface area contributed by atoms with Crippen LogP contribution in [-0.4, -0.2) is 28.4 Å². The summed E-state index contributed by atoms with van der Waals surface area (Å²) in [6.07, 6.45) is 5.50. The van der Waals surface area contributed by atoms with Crippen molar-refractivity contribution < 1.29 is 4.79 Å². The Kier molecular flexibility index (Phi) is 7.61. The predicted molar refractivity (Wildman–Crippen MR) is 156 cm³/mol. The Labute approximate surface area is 224 Å². The minimum atomic E-state index is -0.0594. The number of amidine groups is 1. The van der Waals surface area contributed by atoms with E-state index in [1.54, 1.807) is 0 Å². The van der Waals surface area contributed by atoms with Crippen molar-refractivity contribution in [1.29, 1.82) is 5.41 Å². The van der Waals surface area contributed by atoms with Crippen LogP contribution in [0.25, 0.3) is 22.0 Å². The van der Waals surface area contributed by atoms with Crippen molar-refractivity contribution in [1.82, 2.24) is 9.88 Å². The van der Waals surface area contributed by atoms with Gasteiger partial charge >= 0.3 is 0 Å². The summed E-state index contributed by atoms with van der Waals surface area (Å²) in [6, 6.07) is 25.4. The number of nitrogens with one attached hydrogen (secondary N) is 2. The molecule has 4 aromatic rings. The van der Waals surface area contributed by atoms with Crippen molar-refractivity contribution in [3.05, 3.63) is 95.2 Å². The predicted octanol–water partition coefficient (Wildman–Crippen LogP) is 5.40. The molecule has 6 nitrogen and oxygen atoms in total. The zero-order valence-electron chi connectivity index (χ0n) is 22.0. The molecule has 0 bridgehead atoms. The third-order valence-electron chi connectivity index (χ3n) is 7.80. The summed E-state index contributed by atoms with van der Waals surface area (Å²) in [5.41, 5.74) is 19.0. The summed E-state index contributed by atoms with van der Waals surface area (Å²) in [7, 11) is 0. The second-order valence-corrected chi connectivity index (χ2v) is 10.5. The van der Waals surface area contributed by atoms with E-state index in [9.17, 15) is 4.79 Å². The number of fused-ring (bicyclic) bond motifs is 1. The quantitative estimate of drug-likeness (QED) is 0.189. The lowest BCUT2D eigenvalue weighted by Gasteiger charge is -2.27. The van der Waals surface area contributed by atoms with Gasteiger partial charge in [-0.15, -0.1) is 0 Å². The van der Waals surface area contributed by atoms with Crippen LogP contribution in [0.4, 0.5) is 0 Å². The summed E-state index contributed by atoms with van der Waals surface area (Å²) in [5.74, 6) is -0.0400. The van der Waals surface area contributed by atoms with Gasteiger partial charge in [-0.3, -0.25) is 10.2 Å². The van der Waals surface area contributed by atoms with Gasteiger partial charge in [0.25, 0.3) is 5.91 Å². The topological polar surface area (TPSA) is 110 Å². The zero-order valence-corrected chi connectivity index (χ0v) is 22.0. The van der Waals surface area contributed by atoms with E-state index in [1.165, 1.54) is 22.3 Å². The molecule has 6 N–H and O–H groups in total. The van der Waals surface area contributed by atoms with E-state index in [2.05, 4.69) is 65.3 Å². The SMILES string of the molecule is CCc1ccc(-c2cccc(CCn3c(C(=O)NC4CCC(N)CC4)cc4ccc(C(=N)N)cc43)c2)cc1. The lowest BCUT2D eigenvalue weighted by molar-refractivity contribution is 0.0917. The monoisotopic (exact) mass is 507 g/mol. The number of hydrogen-bond donors (Lipinski definition) is 4. The van der Waals surface area contributed by atoms with Crippen LogP contribution in [0.15, 0.2) is 72.8 Å². The van der Waals surface area contributed by atoms with E-state index < -0.39 is 0 Å². The van der Waals surface area contributed by atoms with Crippen LogP contribution in [0.1, 0.15) is 59.8 Å². The molecule has 0 radical (unpaired) electrons. The summed E-state index contributed by atoms with van der Waals surface area (Å²) in [4.78, 5) is 13.5. The first-order chi connectivity index (χ1) is 18.4. The van der Waals surface area contributed by atoms with Crippen LogP contribution in [0.5, 0.6) is 0 Å². The molecule has 1 heterocycles. The third kappa shape index (κ3) is 5.65. The van der Waals surface area contributed by atoms with Gasteiger partial charge in [-0.25, -0.2) is 0 Å². The first-order valence-corrected chi connectivity index (χ1v) is 13.6. The van der Waals surface area contributed by atoms with Gasteiger partial charge < -0.3 is 21.4 Å². The molecule has 0 unspecified atom stereocenters. The maximum atomic E-state index is 13.5. The third-order valence-corrected chi connectivity index (χ3v) is 7.80. The second-order valence-electron chi connectivity index (χ2n) is 10.5. The number of rotatable bonds is 8. The Bertz CT molecular complexity index is 1440. The van der Waals surface area contributed by atoms with E-state index in [0.717, 1.165) is 49.4 Å². The molecule has 1 amide bonds. The number of nitrogen functional groups attached to an aromatic ring is 1. The normalized spacial score (nSPS) is 17.4. The van der Waals surface area contributed by atoms with Gasteiger partial charge in [0.15, 0.2) is 0 Å². The molecule has 6 heteroatoms. The van der Waals surface area contributed by atoms with Crippen molar-refractivity contribution in [2.75, 3.05) is 0 Å². The average Bonchev–Trinajstić information content (AvgIpc) is 3.31. The van der Waals surface area contributed by atoms with E-state index in [4.69, 9.17) is 16.9 Å². The smallest absolute Gasteiger partial charge is 0.268 e. The number of hydrogen-bond acceptors (Lipinski definition) is 3. The number of carbonyl (C=O) groups excluding carboxylic acids is 1. The van der Waals surface area contributed by atoms with E-state index in [0.29, 0.717) is 17.8 Å². The maximum Gasteiger partial charge on any atom is 0.268 e. The molecular weight excluding hydrogens is 470 g/mol. The summed E-state index contributed by atoms with van der Waals surface area (Å²) < 4.78 is 2.08. The van der Waals surface area contributed by atoms with Gasteiger partial charge in [0.1, 0.15) is 11.5 Å².